The number of ether oxygens (including phenoxy) is 1. The lowest BCUT2D eigenvalue weighted by molar-refractivity contribution is -0.156. The molecule has 13 nitrogen and oxygen atoms in total. The number of Topliss-reactive ketones (excluding diaryl/α,β-unsaturated/α-hetero) is 1. The number of rotatable bonds is 25. The number of ketones is 2. The molecule has 6 unspecified atom stereocenters. The molecule has 0 radical (unpaired) electrons. The Hall–Kier alpha value is -4.88. The van der Waals surface area contributed by atoms with E-state index in [4.69, 9.17) is 4.74 Å². The maximum absolute atomic E-state index is 14.0. The smallest absolute Gasteiger partial charge is 0.325 e. The summed E-state index contributed by atoms with van der Waals surface area (Å²) in [5.41, 5.74) is 4.32. The summed E-state index contributed by atoms with van der Waals surface area (Å²) >= 11 is 0. The molecule has 2 rings (SSSR count). The van der Waals surface area contributed by atoms with Crippen LogP contribution in [0.4, 0.5) is 0 Å². The van der Waals surface area contributed by atoms with Crippen LogP contribution in [0.5, 0.6) is 5.75 Å². The summed E-state index contributed by atoms with van der Waals surface area (Å²) in [7, 11) is 0. The number of amides is 3. The van der Waals surface area contributed by atoms with Crippen molar-refractivity contribution in [2.75, 3.05) is 6.54 Å². The Morgan fingerprint density at radius 2 is 1.71 bits per heavy atom. The van der Waals surface area contributed by atoms with E-state index < -0.39 is 48.1 Å². The fourth-order valence-corrected chi connectivity index (χ4v) is 6.58. The highest BCUT2D eigenvalue weighted by atomic mass is 16.5. The zero-order chi connectivity index (χ0) is 43.2. The Balaban J connectivity index is 2.22. The van der Waals surface area contributed by atoms with Crippen LogP contribution in [0.15, 0.2) is 72.4 Å². The Labute approximate surface area is 344 Å². The van der Waals surface area contributed by atoms with Gasteiger partial charge in [-0.25, -0.2) is 5.43 Å². The van der Waals surface area contributed by atoms with Gasteiger partial charge >= 0.3 is 5.97 Å². The minimum absolute atomic E-state index is 0.00200. The lowest BCUT2D eigenvalue weighted by atomic mass is 9.88. The first-order valence-electron chi connectivity index (χ1n) is 20.5. The predicted molar refractivity (Wildman–Crippen MR) is 224 cm³/mol. The number of carbonyl (C=O) groups is 6. The number of benzene rings is 1. The standard InChI is InChI=1S/C45H66N4O9/c1-8-16-36(52)20-13-18-31(4)40(23-12-10-9-11-17-32(5)42(54)33(6)24-25-34(7)51)58-45(57)38-22-15-26-49(48-38)44(56)39(28-35-19-14-21-37(53)27-35)47-43(55)41(30(2)3)46-29-50/h9-14,18-21,27,29-30,32-33,38-42,48,53-54H,8,15-17,22-26,28H2,1-7H3,(H,46,50)(H,47,55)/b11-9+,12-10+,20-13+,31-18+/t32?,33?,38?,39?,40-,41?,42?/m0/s1. The minimum atomic E-state index is -1.09. The quantitative estimate of drug-likeness (QED) is 0.0372. The van der Waals surface area contributed by atoms with Gasteiger partial charge in [0.25, 0.3) is 5.91 Å². The Morgan fingerprint density at radius 1 is 1.00 bits per heavy atom. The molecule has 1 aromatic rings. The number of nitrogens with zero attached hydrogens (tertiary/aromatic N) is 1. The van der Waals surface area contributed by atoms with Gasteiger partial charge in [0.2, 0.25) is 12.3 Å². The molecule has 1 aliphatic heterocycles. The van der Waals surface area contributed by atoms with Crippen LogP contribution >= 0.6 is 0 Å². The largest absolute Gasteiger partial charge is 0.508 e. The minimum Gasteiger partial charge on any atom is -0.508 e. The zero-order valence-electron chi connectivity index (χ0n) is 35.3. The summed E-state index contributed by atoms with van der Waals surface area (Å²) in [4.78, 5) is 75.8. The summed E-state index contributed by atoms with van der Waals surface area (Å²) in [5.74, 6) is -1.78. The van der Waals surface area contributed by atoms with E-state index in [2.05, 4.69) is 16.1 Å². The Bertz CT molecular complexity index is 1630. The van der Waals surface area contributed by atoms with Crippen molar-refractivity contribution in [3.63, 3.8) is 0 Å². The number of allylic oxidation sites excluding steroid dienone is 6. The number of aliphatic hydroxyl groups is 1. The van der Waals surface area contributed by atoms with Gasteiger partial charge in [0.1, 0.15) is 35.8 Å². The average Bonchev–Trinajstić information content (AvgIpc) is 3.18. The van der Waals surface area contributed by atoms with E-state index in [0.29, 0.717) is 62.5 Å². The predicted octanol–water partition coefficient (Wildman–Crippen LogP) is 5.36. The molecule has 0 spiro atoms. The van der Waals surface area contributed by atoms with Crippen LogP contribution in [0.2, 0.25) is 0 Å². The van der Waals surface area contributed by atoms with E-state index in [1.54, 1.807) is 45.1 Å². The van der Waals surface area contributed by atoms with Crippen LogP contribution in [0.1, 0.15) is 105 Å². The molecule has 0 saturated carbocycles. The second-order valence-corrected chi connectivity index (χ2v) is 15.7. The molecular formula is C45H66N4O9. The van der Waals surface area contributed by atoms with Crippen LogP contribution < -0.4 is 16.1 Å². The van der Waals surface area contributed by atoms with Crippen molar-refractivity contribution in [1.82, 2.24) is 21.1 Å². The first kappa shape index (κ1) is 49.3. The zero-order valence-corrected chi connectivity index (χ0v) is 35.3. The lowest BCUT2D eigenvalue weighted by Gasteiger charge is -2.36. The van der Waals surface area contributed by atoms with Crippen LogP contribution in [-0.4, -0.2) is 87.9 Å². The molecule has 320 valence electrons. The van der Waals surface area contributed by atoms with E-state index in [0.717, 1.165) is 6.42 Å². The van der Waals surface area contributed by atoms with E-state index in [1.165, 1.54) is 23.2 Å². The maximum atomic E-state index is 14.0. The SMILES string of the molecule is CCCC(=O)/C=C/C=C(\C)[C@H](C/C=C/C=C/CC(C)C(O)C(C)CCC(C)=O)OC(=O)C1CCCN(C(=O)C(Cc2cccc(O)c2)NC(=O)C(NC=O)C(C)C)N1. The Kier molecular flexibility index (Phi) is 22.2. The third kappa shape index (κ3) is 17.7. The van der Waals surface area contributed by atoms with Gasteiger partial charge in [-0.15, -0.1) is 0 Å². The number of hydrazine groups is 1. The first-order valence-corrected chi connectivity index (χ1v) is 20.5. The summed E-state index contributed by atoms with van der Waals surface area (Å²) in [6.45, 7) is 13.0. The number of phenolic OH excluding ortho intramolecular Hbond substituents is 1. The van der Waals surface area contributed by atoms with E-state index >= 15 is 0 Å². The monoisotopic (exact) mass is 806 g/mol. The first-order chi connectivity index (χ1) is 27.6. The molecule has 0 aromatic heterocycles. The van der Waals surface area contributed by atoms with Gasteiger partial charge in [-0.05, 0) is 93.1 Å². The molecule has 3 amide bonds. The van der Waals surface area contributed by atoms with E-state index in [-0.39, 0.29) is 48.0 Å². The molecule has 13 heteroatoms. The number of aromatic hydroxyl groups is 1. The van der Waals surface area contributed by atoms with Crippen LogP contribution in [0.25, 0.3) is 0 Å². The molecule has 1 fully saturated rings. The lowest BCUT2D eigenvalue weighted by Crippen LogP contribution is -2.62. The van der Waals surface area contributed by atoms with Gasteiger partial charge in [-0.3, -0.25) is 29.0 Å². The molecule has 1 aliphatic rings. The number of hydrogen-bond donors (Lipinski definition) is 5. The second kappa shape index (κ2) is 26.2. The molecule has 1 heterocycles. The molecule has 7 atom stereocenters. The normalized spacial score (nSPS) is 18.1. The molecule has 1 aromatic carbocycles. The number of aliphatic hydroxyl groups excluding tert-OH is 1. The third-order valence-corrected chi connectivity index (χ3v) is 10.2. The van der Waals surface area contributed by atoms with Crippen molar-refractivity contribution in [1.29, 1.82) is 0 Å². The van der Waals surface area contributed by atoms with Gasteiger partial charge in [0, 0.05) is 32.2 Å². The van der Waals surface area contributed by atoms with Crippen molar-refractivity contribution in [2.45, 2.75) is 137 Å². The van der Waals surface area contributed by atoms with Crippen molar-refractivity contribution in [2.24, 2.45) is 17.8 Å². The molecule has 58 heavy (non-hydrogen) atoms. The highest BCUT2D eigenvalue weighted by Crippen LogP contribution is 2.22. The fourth-order valence-electron chi connectivity index (χ4n) is 6.58. The summed E-state index contributed by atoms with van der Waals surface area (Å²) < 4.78 is 6.05. The number of carbonyl (C=O) groups excluding carboxylic acids is 6. The van der Waals surface area contributed by atoms with Gasteiger partial charge in [-0.1, -0.05) is 83.2 Å². The number of hydrogen-bond acceptors (Lipinski definition) is 10. The van der Waals surface area contributed by atoms with Crippen molar-refractivity contribution in [3.05, 3.63) is 77.9 Å². The van der Waals surface area contributed by atoms with E-state index in [9.17, 15) is 39.0 Å². The molecule has 0 aliphatic carbocycles. The number of esters is 1. The Morgan fingerprint density at radius 3 is 2.34 bits per heavy atom. The van der Waals surface area contributed by atoms with Crippen LogP contribution in [0.3, 0.4) is 0 Å². The van der Waals surface area contributed by atoms with Crippen molar-refractivity contribution in [3.8, 4) is 5.75 Å². The van der Waals surface area contributed by atoms with Gasteiger partial charge in [0.05, 0.1) is 6.10 Å². The summed E-state index contributed by atoms with van der Waals surface area (Å²) in [6.07, 6.45) is 15.8. The highest BCUT2D eigenvalue weighted by Gasteiger charge is 2.35. The van der Waals surface area contributed by atoms with E-state index in [1.807, 2.05) is 52.0 Å². The fraction of sp³-hybridized carbons (Fsp3) is 0.556. The van der Waals surface area contributed by atoms with Gasteiger partial charge < -0.3 is 30.4 Å². The second-order valence-electron chi connectivity index (χ2n) is 15.7. The average molecular weight is 807 g/mol. The summed E-state index contributed by atoms with van der Waals surface area (Å²) in [6, 6.07) is 3.50. The maximum Gasteiger partial charge on any atom is 0.325 e. The third-order valence-electron chi connectivity index (χ3n) is 10.2. The van der Waals surface area contributed by atoms with Crippen molar-refractivity contribution >= 4 is 35.8 Å². The van der Waals surface area contributed by atoms with Crippen LogP contribution in [-0.2, 0) is 39.9 Å². The number of nitrogens with one attached hydrogen (secondary N) is 3. The van der Waals surface area contributed by atoms with Crippen molar-refractivity contribution < 1.29 is 43.7 Å². The molecule has 0 bridgehead atoms. The number of phenols is 1. The van der Waals surface area contributed by atoms with Gasteiger partial charge in [-0.2, -0.15) is 0 Å². The van der Waals surface area contributed by atoms with Gasteiger partial charge in [0.15, 0.2) is 5.78 Å². The molecule has 5 N–H and O–H groups in total. The highest BCUT2D eigenvalue weighted by molar-refractivity contribution is 5.91. The van der Waals surface area contributed by atoms with Crippen LogP contribution in [0, 0.1) is 17.8 Å². The summed E-state index contributed by atoms with van der Waals surface area (Å²) in [5, 5.41) is 27.3. The topological polar surface area (TPSA) is 191 Å². The molecule has 1 saturated heterocycles. The molecular weight excluding hydrogens is 741 g/mol.